The fraction of sp³-hybridized carbons (Fsp3) is 0.429. The highest BCUT2D eigenvalue weighted by molar-refractivity contribution is 7.90. The van der Waals surface area contributed by atoms with Crippen LogP contribution in [0.3, 0.4) is 0 Å². The quantitative estimate of drug-likeness (QED) is 0.597. The Hall–Kier alpha value is -3.28. The number of anilines is 2. The summed E-state index contributed by atoms with van der Waals surface area (Å²) in [5.74, 6) is 0.395. The summed E-state index contributed by atoms with van der Waals surface area (Å²) < 4.78 is 44.8. The van der Waals surface area contributed by atoms with Gasteiger partial charge in [0.2, 0.25) is 5.65 Å². The normalized spacial score (nSPS) is 15.2. The Balaban J connectivity index is 1.53. The van der Waals surface area contributed by atoms with Crippen molar-refractivity contribution in [2.24, 2.45) is 0 Å². The van der Waals surface area contributed by atoms with Crippen molar-refractivity contribution in [1.29, 1.82) is 0 Å². The minimum Gasteiger partial charge on any atom is -0.447 e. The van der Waals surface area contributed by atoms with E-state index in [4.69, 9.17) is 4.74 Å². The Labute approximate surface area is 190 Å². The summed E-state index contributed by atoms with van der Waals surface area (Å²) in [6, 6.07) is 3.64. The van der Waals surface area contributed by atoms with Gasteiger partial charge < -0.3 is 15.0 Å². The second-order valence-corrected chi connectivity index (χ2v) is 10.3. The van der Waals surface area contributed by atoms with E-state index in [0.717, 1.165) is 18.1 Å². The van der Waals surface area contributed by atoms with Gasteiger partial charge in [0.1, 0.15) is 11.6 Å². The van der Waals surface area contributed by atoms with E-state index in [1.54, 1.807) is 21.7 Å². The molecule has 33 heavy (non-hydrogen) atoms. The molecule has 0 saturated carbocycles. The Morgan fingerprint density at radius 3 is 2.61 bits per heavy atom. The molecule has 0 atom stereocenters. The third kappa shape index (κ3) is 4.90. The van der Waals surface area contributed by atoms with Gasteiger partial charge in [-0.3, -0.25) is 4.40 Å². The van der Waals surface area contributed by atoms with E-state index in [9.17, 15) is 17.6 Å². The van der Waals surface area contributed by atoms with Crippen molar-refractivity contribution in [3.63, 3.8) is 0 Å². The Bertz CT molecular complexity index is 1290. The van der Waals surface area contributed by atoms with E-state index in [0.29, 0.717) is 37.4 Å². The third-order valence-electron chi connectivity index (χ3n) is 5.43. The molecule has 176 valence electrons. The van der Waals surface area contributed by atoms with E-state index in [1.165, 1.54) is 12.1 Å². The molecular formula is C21H25FN6O4S. The van der Waals surface area contributed by atoms with Gasteiger partial charge in [0, 0.05) is 37.7 Å². The first-order chi connectivity index (χ1) is 15.6. The van der Waals surface area contributed by atoms with Crippen molar-refractivity contribution in [3.05, 3.63) is 42.2 Å². The number of nitrogens with one attached hydrogen (secondary N) is 1. The van der Waals surface area contributed by atoms with E-state index in [2.05, 4.69) is 20.5 Å². The molecule has 3 aromatic rings. The van der Waals surface area contributed by atoms with Gasteiger partial charge >= 0.3 is 6.09 Å². The van der Waals surface area contributed by atoms with Crippen molar-refractivity contribution in [3.8, 4) is 0 Å². The Kier molecular flexibility index (Phi) is 6.19. The molecule has 0 spiro atoms. The number of piperidine rings is 1. The molecule has 2 aromatic heterocycles. The number of amides is 1. The fourth-order valence-electron chi connectivity index (χ4n) is 3.76. The van der Waals surface area contributed by atoms with Crippen molar-refractivity contribution < 1.29 is 22.3 Å². The second-order valence-electron chi connectivity index (χ2n) is 8.26. The number of carbonyl (C=O) groups is 1. The molecule has 1 N–H and O–H groups in total. The van der Waals surface area contributed by atoms with Gasteiger partial charge in [0.05, 0.1) is 16.7 Å². The summed E-state index contributed by atoms with van der Waals surface area (Å²) in [6.07, 6.45) is 5.25. The Morgan fingerprint density at radius 2 is 1.97 bits per heavy atom. The summed E-state index contributed by atoms with van der Waals surface area (Å²) in [4.78, 5) is 18.0. The molecule has 0 radical (unpaired) electrons. The topological polar surface area (TPSA) is 119 Å². The minimum atomic E-state index is -3.52. The second kappa shape index (κ2) is 8.93. The van der Waals surface area contributed by atoms with Gasteiger partial charge in [-0.25, -0.2) is 22.6 Å². The first kappa shape index (κ1) is 22.9. The van der Waals surface area contributed by atoms with Crippen molar-refractivity contribution in [2.45, 2.75) is 43.6 Å². The van der Waals surface area contributed by atoms with Crippen LogP contribution >= 0.6 is 0 Å². The predicted molar refractivity (Wildman–Crippen MR) is 119 cm³/mol. The lowest BCUT2D eigenvalue weighted by molar-refractivity contribution is 0.0688. The van der Waals surface area contributed by atoms with Crippen LogP contribution in [0.15, 0.2) is 35.5 Å². The molecule has 1 fully saturated rings. The molecule has 1 aromatic carbocycles. The zero-order valence-corrected chi connectivity index (χ0v) is 19.3. The lowest BCUT2D eigenvalue weighted by Crippen LogP contribution is -2.39. The highest BCUT2D eigenvalue weighted by Crippen LogP contribution is 2.29. The lowest BCUT2D eigenvalue weighted by atomic mass is 9.96. The van der Waals surface area contributed by atoms with Crippen LogP contribution in [0.5, 0.6) is 0 Å². The summed E-state index contributed by atoms with van der Waals surface area (Å²) >= 11 is 0. The molecule has 1 aliphatic heterocycles. The first-order valence-electron chi connectivity index (χ1n) is 10.6. The number of ether oxygens (including phenoxy) is 1. The van der Waals surface area contributed by atoms with Gasteiger partial charge in [-0.1, -0.05) is 0 Å². The molecule has 1 saturated heterocycles. The minimum absolute atomic E-state index is 0.0736. The summed E-state index contributed by atoms with van der Waals surface area (Å²) in [6.45, 7) is 4.75. The van der Waals surface area contributed by atoms with Crippen LogP contribution < -0.4 is 5.32 Å². The van der Waals surface area contributed by atoms with Gasteiger partial charge in [0.25, 0.3) is 0 Å². The number of fused-ring (bicyclic) bond motifs is 1. The molecule has 3 heterocycles. The summed E-state index contributed by atoms with van der Waals surface area (Å²) in [5.41, 5.74) is 0.491. The monoisotopic (exact) mass is 476 g/mol. The van der Waals surface area contributed by atoms with Crippen molar-refractivity contribution in [1.82, 2.24) is 24.5 Å². The molecule has 4 rings (SSSR count). The number of sulfone groups is 1. The number of benzene rings is 1. The lowest BCUT2D eigenvalue weighted by Gasteiger charge is -2.31. The summed E-state index contributed by atoms with van der Waals surface area (Å²) in [7, 11) is -3.52. The standard InChI is InChI=1S/C21H25FN6O4S/c1-13(2)32-21(29)27-9-6-14(7-10-27)19-25-26-20-18(23-8-11-28(19)20)24-17-5-4-15(12-16(17)22)33(3,30)31/h4-5,8,11-14H,6-7,9-10H2,1-3H3,(H,23,24). The molecular weight excluding hydrogens is 451 g/mol. The summed E-state index contributed by atoms with van der Waals surface area (Å²) in [5, 5.41) is 11.4. The number of aromatic nitrogens is 4. The highest BCUT2D eigenvalue weighted by atomic mass is 32.2. The van der Waals surface area contributed by atoms with Crippen LogP contribution in [0, 0.1) is 5.82 Å². The predicted octanol–water partition coefficient (Wildman–Crippen LogP) is 3.13. The van der Waals surface area contributed by atoms with Crippen LogP contribution in [-0.2, 0) is 14.6 Å². The number of halogens is 1. The van der Waals surface area contributed by atoms with Gasteiger partial charge in [0.15, 0.2) is 15.7 Å². The molecule has 0 unspecified atom stereocenters. The average Bonchev–Trinajstić information content (AvgIpc) is 3.19. The van der Waals surface area contributed by atoms with Crippen molar-refractivity contribution >= 4 is 33.1 Å². The van der Waals surface area contributed by atoms with E-state index in [1.807, 2.05) is 13.8 Å². The molecule has 0 aliphatic carbocycles. The number of hydrogen-bond acceptors (Lipinski definition) is 8. The largest absolute Gasteiger partial charge is 0.447 e. The fourth-order valence-corrected chi connectivity index (χ4v) is 4.40. The SMILES string of the molecule is CC(C)OC(=O)N1CCC(c2nnc3c(Nc4ccc(S(C)(=O)=O)cc4F)nccn23)CC1. The maximum atomic E-state index is 14.5. The van der Waals surface area contributed by atoms with Crippen LogP contribution in [0.1, 0.15) is 38.4 Å². The Morgan fingerprint density at radius 1 is 1.24 bits per heavy atom. The zero-order valence-electron chi connectivity index (χ0n) is 18.5. The maximum Gasteiger partial charge on any atom is 0.410 e. The van der Waals surface area contributed by atoms with E-state index in [-0.39, 0.29) is 28.7 Å². The number of rotatable bonds is 5. The third-order valence-corrected chi connectivity index (χ3v) is 6.54. The number of hydrogen-bond donors (Lipinski definition) is 1. The van der Waals surface area contributed by atoms with Crippen LogP contribution in [0.4, 0.5) is 20.7 Å². The van der Waals surface area contributed by atoms with Crippen molar-refractivity contribution in [2.75, 3.05) is 24.7 Å². The van der Waals surface area contributed by atoms with Crippen LogP contribution in [-0.4, -0.2) is 64.4 Å². The number of nitrogens with zero attached hydrogens (tertiary/aromatic N) is 5. The number of carbonyl (C=O) groups excluding carboxylic acids is 1. The molecule has 12 heteroatoms. The van der Waals surface area contributed by atoms with Gasteiger partial charge in [-0.2, -0.15) is 0 Å². The van der Waals surface area contributed by atoms with Gasteiger partial charge in [-0.15, -0.1) is 10.2 Å². The molecule has 10 nitrogen and oxygen atoms in total. The molecule has 1 aliphatic rings. The zero-order chi connectivity index (χ0) is 23.8. The first-order valence-corrected chi connectivity index (χ1v) is 12.4. The van der Waals surface area contributed by atoms with Crippen LogP contribution in [0.25, 0.3) is 5.65 Å². The maximum absolute atomic E-state index is 14.5. The van der Waals surface area contributed by atoms with Crippen LogP contribution in [0.2, 0.25) is 0 Å². The smallest absolute Gasteiger partial charge is 0.410 e. The van der Waals surface area contributed by atoms with E-state index < -0.39 is 15.7 Å². The molecule has 1 amide bonds. The highest BCUT2D eigenvalue weighted by Gasteiger charge is 2.28. The van der Waals surface area contributed by atoms with E-state index >= 15 is 0 Å². The number of likely N-dealkylation sites (tertiary alicyclic amines) is 1. The average molecular weight is 477 g/mol. The molecule has 0 bridgehead atoms. The van der Waals surface area contributed by atoms with Gasteiger partial charge in [-0.05, 0) is 44.9 Å².